The van der Waals surface area contributed by atoms with Gasteiger partial charge in [0, 0.05) is 18.9 Å². The van der Waals surface area contributed by atoms with Crippen molar-refractivity contribution in [2.75, 3.05) is 17.7 Å². The Morgan fingerprint density at radius 1 is 1.29 bits per heavy atom. The number of anilines is 3. The molecule has 0 unspecified atom stereocenters. The molecule has 88 valence electrons. The molecule has 0 amide bonds. The van der Waals surface area contributed by atoms with Crippen molar-refractivity contribution in [2.45, 2.75) is 0 Å². The fourth-order valence-corrected chi connectivity index (χ4v) is 1.39. The molecule has 2 N–H and O–H groups in total. The predicted octanol–water partition coefficient (Wildman–Crippen LogP) is 3.05. The second-order valence-corrected chi connectivity index (χ2v) is 3.68. The Balaban J connectivity index is 2.22. The van der Waals surface area contributed by atoms with Crippen LogP contribution in [0.15, 0.2) is 30.5 Å². The van der Waals surface area contributed by atoms with Gasteiger partial charge in [-0.25, -0.2) is 9.37 Å². The van der Waals surface area contributed by atoms with E-state index in [1.165, 1.54) is 12.1 Å². The highest BCUT2D eigenvalue weighted by atomic mass is 35.5. The van der Waals surface area contributed by atoms with Gasteiger partial charge < -0.3 is 10.6 Å². The molecule has 0 aliphatic heterocycles. The molecule has 2 aromatic rings. The molecule has 0 spiro atoms. The number of nitrogens with one attached hydrogen (secondary N) is 2. The van der Waals surface area contributed by atoms with Gasteiger partial charge in [-0.2, -0.15) is 4.98 Å². The molecule has 4 nitrogen and oxygen atoms in total. The summed E-state index contributed by atoms with van der Waals surface area (Å²) in [6.07, 6.45) is 1.60. The summed E-state index contributed by atoms with van der Waals surface area (Å²) < 4.78 is 13.2. The normalized spacial score (nSPS) is 10.1. The van der Waals surface area contributed by atoms with E-state index >= 15 is 0 Å². The van der Waals surface area contributed by atoms with E-state index in [4.69, 9.17) is 11.6 Å². The first-order valence-corrected chi connectivity index (χ1v) is 5.29. The van der Waals surface area contributed by atoms with Crippen molar-refractivity contribution in [1.82, 2.24) is 9.97 Å². The maximum Gasteiger partial charge on any atom is 0.224 e. The van der Waals surface area contributed by atoms with Crippen molar-refractivity contribution in [1.29, 1.82) is 0 Å². The largest absolute Gasteiger partial charge is 0.357 e. The first-order valence-electron chi connectivity index (χ1n) is 4.92. The standard InChI is InChI=1S/C11H10ClFN4/c1-14-11-15-5-4-10(17-11)16-7-2-3-8(12)9(13)6-7/h2-6H,1H3,(H2,14,15,16,17). The lowest BCUT2D eigenvalue weighted by Gasteiger charge is -2.07. The van der Waals surface area contributed by atoms with E-state index < -0.39 is 5.82 Å². The number of benzene rings is 1. The van der Waals surface area contributed by atoms with Crippen LogP contribution in [-0.4, -0.2) is 17.0 Å². The summed E-state index contributed by atoms with van der Waals surface area (Å²) in [7, 11) is 1.72. The van der Waals surface area contributed by atoms with Crippen molar-refractivity contribution in [3.63, 3.8) is 0 Å². The number of aromatic nitrogens is 2. The highest BCUT2D eigenvalue weighted by Gasteiger charge is 2.02. The lowest BCUT2D eigenvalue weighted by atomic mass is 10.3. The Morgan fingerprint density at radius 3 is 2.82 bits per heavy atom. The predicted molar refractivity (Wildman–Crippen MR) is 66.3 cm³/mol. The van der Waals surface area contributed by atoms with E-state index in [9.17, 15) is 4.39 Å². The van der Waals surface area contributed by atoms with Crippen LogP contribution in [0.2, 0.25) is 5.02 Å². The van der Waals surface area contributed by atoms with Crippen LogP contribution in [-0.2, 0) is 0 Å². The van der Waals surface area contributed by atoms with Crippen LogP contribution < -0.4 is 10.6 Å². The minimum atomic E-state index is -0.473. The van der Waals surface area contributed by atoms with E-state index in [2.05, 4.69) is 20.6 Å². The highest BCUT2D eigenvalue weighted by molar-refractivity contribution is 6.30. The zero-order valence-corrected chi connectivity index (χ0v) is 9.79. The first-order chi connectivity index (χ1) is 8.19. The van der Waals surface area contributed by atoms with E-state index in [1.54, 1.807) is 25.4 Å². The third-order valence-electron chi connectivity index (χ3n) is 2.07. The molecule has 0 saturated heterocycles. The van der Waals surface area contributed by atoms with Crippen molar-refractivity contribution >= 4 is 29.1 Å². The van der Waals surface area contributed by atoms with Crippen molar-refractivity contribution in [2.24, 2.45) is 0 Å². The molecular formula is C11H10ClFN4. The fraction of sp³-hybridized carbons (Fsp3) is 0.0909. The lowest BCUT2D eigenvalue weighted by Crippen LogP contribution is -1.99. The minimum absolute atomic E-state index is 0.0918. The molecule has 2 rings (SSSR count). The molecule has 0 saturated carbocycles. The maximum atomic E-state index is 13.2. The Hall–Kier alpha value is -1.88. The number of halogens is 2. The van der Waals surface area contributed by atoms with E-state index in [-0.39, 0.29) is 5.02 Å². The number of hydrogen-bond acceptors (Lipinski definition) is 4. The van der Waals surface area contributed by atoms with Gasteiger partial charge in [0.05, 0.1) is 5.02 Å². The molecule has 17 heavy (non-hydrogen) atoms. The van der Waals surface area contributed by atoms with E-state index in [0.717, 1.165) is 0 Å². The summed E-state index contributed by atoms with van der Waals surface area (Å²) in [4.78, 5) is 8.12. The molecule has 1 heterocycles. The molecule has 0 atom stereocenters. The number of hydrogen-bond donors (Lipinski definition) is 2. The van der Waals surface area contributed by atoms with Gasteiger partial charge >= 0.3 is 0 Å². The molecular weight excluding hydrogens is 243 g/mol. The molecule has 6 heteroatoms. The van der Waals surface area contributed by atoms with Crippen LogP contribution in [0, 0.1) is 5.82 Å². The third-order valence-corrected chi connectivity index (χ3v) is 2.38. The summed E-state index contributed by atoms with van der Waals surface area (Å²) in [6, 6.07) is 6.16. The van der Waals surface area contributed by atoms with Crippen LogP contribution in [0.25, 0.3) is 0 Å². The smallest absolute Gasteiger partial charge is 0.224 e. The quantitative estimate of drug-likeness (QED) is 0.882. The first kappa shape index (κ1) is 11.6. The van der Waals surface area contributed by atoms with Gasteiger partial charge in [-0.15, -0.1) is 0 Å². The lowest BCUT2D eigenvalue weighted by molar-refractivity contribution is 0.629. The highest BCUT2D eigenvalue weighted by Crippen LogP contribution is 2.21. The van der Waals surface area contributed by atoms with E-state index in [1.807, 2.05) is 0 Å². The van der Waals surface area contributed by atoms with Gasteiger partial charge in [0.25, 0.3) is 0 Å². The maximum absolute atomic E-state index is 13.2. The summed E-state index contributed by atoms with van der Waals surface area (Å²) >= 11 is 5.59. The number of nitrogens with zero attached hydrogens (tertiary/aromatic N) is 2. The zero-order valence-electron chi connectivity index (χ0n) is 9.04. The molecule has 0 fully saturated rings. The topological polar surface area (TPSA) is 49.8 Å². The van der Waals surface area contributed by atoms with Crippen LogP contribution in [0.5, 0.6) is 0 Å². The Morgan fingerprint density at radius 2 is 2.12 bits per heavy atom. The Bertz CT molecular complexity index is 533. The summed E-state index contributed by atoms with van der Waals surface area (Å²) in [5.74, 6) is 0.593. The van der Waals surface area contributed by atoms with Gasteiger partial charge in [-0.3, -0.25) is 0 Å². The fourth-order valence-electron chi connectivity index (χ4n) is 1.27. The van der Waals surface area contributed by atoms with Gasteiger partial charge in [-0.05, 0) is 24.3 Å². The van der Waals surface area contributed by atoms with Crippen molar-refractivity contribution in [3.8, 4) is 0 Å². The molecule has 1 aromatic carbocycles. The van der Waals surface area contributed by atoms with Crippen molar-refractivity contribution in [3.05, 3.63) is 41.3 Å². The van der Waals surface area contributed by atoms with Gasteiger partial charge in [-0.1, -0.05) is 11.6 Å². The summed E-state index contributed by atoms with van der Waals surface area (Å²) in [6.45, 7) is 0. The minimum Gasteiger partial charge on any atom is -0.357 e. The van der Waals surface area contributed by atoms with Gasteiger partial charge in [0.2, 0.25) is 5.95 Å². The Kier molecular flexibility index (Phi) is 3.39. The van der Waals surface area contributed by atoms with Crippen LogP contribution in [0.3, 0.4) is 0 Å². The van der Waals surface area contributed by atoms with Crippen molar-refractivity contribution < 1.29 is 4.39 Å². The SMILES string of the molecule is CNc1nccc(Nc2ccc(Cl)c(F)c2)n1. The zero-order chi connectivity index (χ0) is 12.3. The Labute approximate surface area is 103 Å². The van der Waals surface area contributed by atoms with Crippen LogP contribution in [0.4, 0.5) is 21.8 Å². The molecule has 0 aliphatic carbocycles. The van der Waals surface area contributed by atoms with Crippen LogP contribution in [0.1, 0.15) is 0 Å². The molecule has 0 radical (unpaired) electrons. The number of rotatable bonds is 3. The van der Waals surface area contributed by atoms with Crippen LogP contribution >= 0.6 is 11.6 Å². The second kappa shape index (κ2) is 4.97. The molecule has 0 bridgehead atoms. The average molecular weight is 253 g/mol. The summed E-state index contributed by atoms with van der Waals surface area (Å²) in [5, 5.41) is 5.86. The average Bonchev–Trinajstić information content (AvgIpc) is 2.34. The van der Waals surface area contributed by atoms with Gasteiger partial charge in [0.15, 0.2) is 0 Å². The third kappa shape index (κ3) is 2.82. The molecule has 0 aliphatic rings. The van der Waals surface area contributed by atoms with Gasteiger partial charge in [0.1, 0.15) is 11.6 Å². The second-order valence-electron chi connectivity index (χ2n) is 3.27. The monoisotopic (exact) mass is 252 g/mol. The molecule has 1 aromatic heterocycles. The summed E-state index contributed by atoms with van der Waals surface area (Å²) in [5.41, 5.74) is 0.577. The van der Waals surface area contributed by atoms with E-state index in [0.29, 0.717) is 17.5 Å².